The van der Waals surface area contributed by atoms with Gasteiger partial charge < -0.3 is 9.88 Å². The summed E-state index contributed by atoms with van der Waals surface area (Å²) in [6.07, 6.45) is 7.14. The van der Waals surface area contributed by atoms with Crippen molar-refractivity contribution in [3.05, 3.63) is 37.2 Å². The lowest BCUT2D eigenvalue weighted by Gasteiger charge is -2.03. The van der Waals surface area contributed by atoms with Crippen molar-refractivity contribution in [2.45, 2.75) is 19.4 Å². The Bertz CT molecular complexity index is 277. The third-order valence-corrected chi connectivity index (χ3v) is 1.93. The molecular formula is C11H16N2O. The smallest absolute Gasteiger partial charge is 0.220 e. The predicted molar refractivity (Wildman–Crippen MR) is 56.9 cm³/mol. The zero-order valence-electron chi connectivity index (χ0n) is 8.28. The van der Waals surface area contributed by atoms with Crippen molar-refractivity contribution in [3.63, 3.8) is 0 Å². The second-order valence-corrected chi connectivity index (χ2v) is 3.12. The second kappa shape index (κ2) is 6.02. The predicted octanol–water partition coefficient (Wildman–Crippen LogP) is 1.57. The first-order valence-corrected chi connectivity index (χ1v) is 4.81. The minimum absolute atomic E-state index is 0.0945. The van der Waals surface area contributed by atoms with Gasteiger partial charge in [0.2, 0.25) is 5.91 Å². The Hall–Kier alpha value is -1.51. The molecule has 1 heterocycles. The van der Waals surface area contributed by atoms with E-state index in [0.29, 0.717) is 13.0 Å². The van der Waals surface area contributed by atoms with E-state index in [1.807, 2.05) is 24.5 Å². The molecule has 0 saturated carbocycles. The number of rotatable bonds is 6. The summed E-state index contributed by atoms with van der Waals surface area (Å²) < 4.78 is 2.07. The van der Waals surface area contributed by atoms with Crippen molar-refractivity contribution in [2.24, 2.45) is 0 Å². The molecule has 0 unspecified atom stereocenters. The molecule has 1 N–H and O–H groups in total. The molecular weight excluding hydrogens is 176 g/mol. The summed E-state index contributed by atoms with van der Waals surface area (Å²) in [7, 11) is 0. The topological polar surface area (TPSA) is 34.0 Å². The first-order chi connectivity index (χ1) is 6.83. The van der Waals surface area contributed by atoms with Crippen LogP contribution >= 0.6 is 0 Å². The van der Waals surface area contributed by atoms with Gasteiger partial charge in [0.1, 0.15) is 0 Å². The van der Waals surface area contributed by atoms with Gasteiger partial charge in [-0.25, -0.2) is 0 Å². The van der Waals surface area contributed by atoms with E-state index in [2.05, 4.69) is 16.5 Å². The average molecular weight is 192 g/mol. The third kappa shape index (κ3) is 3.94. The van der Waals surface area contributed by atoms with E-state index >= 15 is 0 Å². The third-order valence-electron chi connectivity index (χ3n) is 1.93. The van der Waals surface area contributed by atoms with Crippen LogP contribution in [0.25, 0.3) is 0 Å². The molecule has 3 heteroatoms. The maximum Gasteiger partial charge on any atom is 0.220 e. The number of hydrogen-bond donors (Lipinski definition) is 1. The molecule has 76 valence electrons. The number of aromatic nitrogens is 1. The fraction of sp³-hybridized carbons (Fsp3) is 0.364. The van der Waals surface area contributed by atoms with E-state index in [4.69, 9.17) is 0 Å². The van der Waals surface area contributed by atoms with Crippen LogP contribution in [0.1, 0.15) is 12.8 Å². The van der Waals surface area contributed by atoms with E-state index in [1.54, 1.807) is 6.08 Å². The molecule has 3 nitrogen and oxygen atoms in total. The number of hydrogen-bond acceptors (Lipinski definition) is 1. The van der Waals surface area contributed by atoms with E-state index in [0.717, 1.165) is 13.0 Å². The van der Waals surface area contributed by atoms with Gasteiger partial charge in [-0.1, -0.05) is 6.08 Å². The molecule has 0 atom stereocenters. The van der Waals surface area contributed by atoms with Crippen molar-refractivity contribution in [2.75, 3.05) is 6.54 Å². The van der Waals surface area contributed by atoms with Crippen LogP contribution in [-0.4, -0.2) is 17.0 Å². The second-order valence-electron chi connectivity index (χ2n) is 3.12. The standard InChI is InChI=1S/C11H16N2O/c1-2-7-12-11(14)6-5-10-13-8-3-4-9-13/h2-4,8-9H,1,5-7,10H2,(H,12,14). The maximum atomic E-state index is 11.2. The van der Waals surface area contributed by atoms with E-state index in [-0.39, 0.29) is 5.91 Å². The molecule has 0 aliphatic carbocycles. The normalized spacial score (nSPS) is 9.71. The number of carbonyl (C=O) groups excluding carboxylic acids is 1. The molecule has 0 radical (unpaired) electrons. The highest BCUT2D eigenvalue weighted by Gasteiger charge is 1.98. The zero-order chi connectivity index (χ0) is 10.2. The summed E-state index contributed by atoms with van der Waals surface area (Å²) in [5, 5.41) is 2.75. The Balaban J connectivity index is 2.09. The molecule has 1 aromatic rings. The van der Waals surface area contributed by atoms with Gasteiger partial charge in [0.15, 0.2) is 0 Å². The molecule has 0 saturated heterocycles. The average Bonchev–Trinajstić information content (AvgIpc) is 2.67. The Morgan fingerprint density at radius 2 is 2.14 bits per heavy atom. The number of nitrogens with one attached hydrogen (secondary N) is 1. The number of amides is 1. The quantitative estimate of drug-likeness (QED) is 0.682. The van der Waals surface area contributed by atoms with Crippen LogP contribution in [0.4, 0.5) is 0 Å². The maximum absolute atomic E-state index is 11.2. The molecule has 14 heavy (non-hydrogen) atoms. The van der Waals surface area contributed by atoms with Gasteiger partial charge in [-0.3, -0.25) is 4.79 Å². The fourth-order valence-corrected chi connectivity index (χ4v) is 1.22. The SMILES string of the molecule is C=CCNC(=O)CCCn1cccc1. The lowest BCUT2D eigenvalue weighted by atomic mass is 10.3. The van der Waals surface area contributed by atoms with Crippen LogP contribution in [0.15, 0.2) is 37.2 Å². The molecule has 0 spiro atoms. The van der Waals surface area contributed by atoms with Crippen molar-refractivity contribution in [3.8, 4) is 0 Å². The van der Waals surface area contributed by atoms with Crippen LogP contribution in [0.3, 0.4) is 0 Å². The highest BCUT2D eigenvalue weighted by atomic mass is 16.1. The molecule has 1 rings (SSSR count). The summed E-state index contributed by atoms with van der Waals surface area (Å²) >= 11 is 0. The van der Waals surface area contributed by atoms with Gasteiger partial charge >= 0.3 is 0 Å². The molecule has 0 fully saturated rings. The van der Waals surface area contributed by atoms with Gasteiger partial charge in [0.25, 0.3) is 0 Å². The van der Waals surface area contributed by atoms with Gasteiger partial charge in [-0.05, 0) is 18.6 Å². The lowest BCUT2D eigenvalue weighted by molar-refractivity contribution is -0.121. The lowest BCUT2D eigenvalue weighted by Crippen LogP contribution is -2.23. The highest BCUT2D eigenvalue weighted by Crippen LogP contribution is 1.96. The summed E-state index contributed by atoms with van der Waals surface area (Å²) in [6, 6.07) is 3.97. The van der Waals surface area contributed by atoms with Crippen molar-refractivity contribution in [1.29, 1.82) is 0 Å². The van der Waals surface area contributed by atoms with Gasteiger partial charge in [-0.2, -0.15) is 0 Å². The number of carbonyl (C=O) groups is 1. The highest BCUT2D eigenvalue weighted by molar-refractivity contribution is 5.75. The van der Waals surface area contributed by atoms with Crippen LogP contribution in [0.5, 0.6) is 0 Å². The number of nitrogens with zero attached hydrogens (tertiary/aromatic N) is 1. The van der Waals surface area contributed by atoms with Crippen LogP contribution in [-0.2, 0) is 11.3 Å². The Morgan fingerprint density at radius 1 is 1.43 bits per heavy atom. The molecule has 1 aromatic heterocycles. The monoisotopic (exact) mass is 192 g/mol. The summed E-state index contributed by atoms with van der Waals surface area (Å²) in [4.78, 5) is 11.2. The van der Waals surface area contributed by atoms with Gasteiger partial charge in [0.05, 0.1) is 0 Å². The van der Waals surface area contributed by atoms with Crippen LogP contribution in [0, 0.1) is 0 Å². The Morgan fingerprint density at radius 3 is 2.79 bits per heavy atom. The summed E-state index contributed by atoms with van der Waals surface area (Å²) in [5.74, 6) is 0.0945. The molecule has 1 amide bonds. The summed E-state index contributed by atoms with van der Waals surface area (Å²) in [6.45, 7) is 4.99. The largest absolute Gasteiger partial charge is 0.354 e. The minimum atomic E-state index is 0.0945. The van der Waals surface area contributed by atoms with Crippen LogP contribution < -0.4 is 5.32 Å². The fourth-order valence-electron chi connectivity index (χ4n) is 1.22. The van der Waals surface area contributed by atoms with Crippen molar-refractivity contribution in [1.82, 2.24) is 9.88 Å². The Kier molecular flexibility index (Phi) is 4.55. The van der Waals surface area contributed by atoms with Crippen molar-refractivity contribution >= 4 is 5.91 Å². The molecule has 0 aromatic carbocycles. The minimum Gasteiger partial charge on any atom is -0.354 e. The molecule has 0 bridgehead atoms. The van der Waals surface area contributed by atoms with E-state index in [1.165, 1.54) is 0 Å². The Labute approximate surface area is 84.4 Å². The zero-order valence-corrected chi connectivity index (χ0v) is 8.28. The molecule has 0 aliphatic rings. The van der Waals surface area contributed by atoms with E-state index < -0.39 is 0 Å². The van der Waals surface area contributed by atoms with Gasteiger partial charge in [-0.15, -0.1) is 6.58 Å². The molecule has 0 aliphatic heterocycles. The first kappa shape index (κ1) is 10.6. The van der Waals surface area contributed by atoms with Crippen molar-refractivity contribution < 1.29 is 4.79 Å². The van der Waals surface area contributed by atoms with Gasteiger partial charge in [0, 0.05) is 31.9 Å². The number of aryl methyl sites for hydroxylation is 1. The van der Waals surface area contributed by atoms with Crippen LogP contribution in [0.2, 0.25) is 0 Å². The summed E-state index contributed by atoms with van der Waals surface area (Å²) in [5.41, 5.74) is 0. The first-order valence-electron chi connectivity index (χ1n) is 4.81. The van der Waals surface area contributed by atoms with E-state index in [9.17, 15) is 4.79 Å².